The molecule has 28 heavy (non-hydrogen) atoms. The Bertz CT molecular complexity index is 953. The number of oxime groups is 1. The Morgan fingerprint density at radius 2 is 1.86 bits per heavy atom. The maximum absolute atomic E-state index is 5.83. The highest BCUT2D eigenvalue weighted by Gasteiger charge is 2.32. The van der Waals surface area contributed by atoms with Crippen molar-refractivity contribution >= 4 is 5.84 Å². The van der Waals surface area contributed by atoms with Crippen LogP contribution in [0.25, 0.3) is 11.4 Å². The summed E-state index contributed by atoms with van der Waals surface area (Å²) in [5, 5.41) is 8.80. The van der Waals surface area contributed by atoms with Crippen LogP contribution in [0.1, 0.15) is 19.8 Å². The Morgan fingerprint density at radius 3 is 2.54 bits per heavy atom. The van der Waals surface area contributed by atoms with Crippen LogP contribution in [-0.2, 0) is 4.84 Å². The van der Waals surface area contributed by atoms with Crippen LogP contribution in [0.3, 0.4) is 0 Å². The van der Waals surface area contributed by atoms with Gasteiger partial charge in [0.15, 0.2) is 17.3 Å². The molecular weight excluding hydrogens is 356 g/mol. The monoisotopic (exact) mass is 378 g/mol. The molecule has 0 N–H and O–H groups in total. The van der Waals surface area contributed by atoms with E-state index in [2.05, 4.69) is 15.2 Å². The van der Waals surface area contributed by atoms with E-state index in [1.807, 2.05) is 61.5 Å². The SMILES string of the molecule is COc1ccc(-c2ncn(C3=NOC(C)(COc4ccccc4)CC3)n2)cc1. The molecule has 1 aliphatic heterocycles. The molecule has 0 fully saturated rings. The van der Waals surface area contributed by atoms with Crippen LogP contribution in [0.5, 0.6) is 11.5 Å². The summed E-state index contributed by atoms with van der Waals surface area (Å²) in [6, 6.07) is 17.3. The first-order valence-corrected chi connectivity index (χ1v) is 9.15. The molecule has 3 aromatic rings. The third-order valence-corrected chi connectivity index (χ3v) is 4.64. The topological polar surface area (TPSA) is 70.8 Å². The molecule has 0 bridgehead atoms. The van der Waals surface area contributed by atoms with Gasteiger partial charge in [0.05, 0.1) is 7.11 Å². The quantitative estimate of drug-likeness (QED) is 0.676. The number of hydrogen-bond acceptors (Lipinski definition) is 6. The molecule has 0 aliphatic carbocycles. The minimum absolute atomic E-state index is 0.433. The lowest BCUT2D eigenvalue weighted by atomic mass is 10.00. The third-order valence-electron chi connectivity index (χ3n) is 4.64. The molecule has 0 amide bonds. The molecule has 7 nitrogen and oxygen atoms in total. The van der Waals surface area contributed by atoms with Crippen LogP contribution in [0.15, 0.2) is 66.1 Å². The van der Waals surface area contributed by atoms with Crippen molar-refractivity contribution in [3.8, 4) is 22.9 Å². The van der Waals surface area contributed by atoms with Gasteiger partial charge in [0, 0.05) is 18.4 Å². The summed E-state index contributed by atoms with van der Waals surface area (Å²) < 4.78 is 12.7. The molecule has 0 spiro atoms. The minimum Gasteiger partial charge on any atom is -0.497 e. The van der Waals surface area contributed by atoms with E-state index in [-0.39, 0.29) is 0 Å². The van der Waals surface area contributed by atoms with Crippen molar-refractivity contribution < 1.29 is 14.3 Å². The van der Waals surface area contributed by atoms with Crippen molar-refractivity contribution in [1.29, 1.82) is 0 Å². The number of para-hydroxylation sites is 1. The summed E-state index contributed by atoms with van der Waals surface area (Å²) in [6.07, 6.45) is 3.15. The average Bonchev–Trinajstić information content (AvgIpc) is 3.24. The van der Waals surface area contributed by atoms with Crippen molar-refractivity contribution in [2.24, 2.45) is 5.16 Å². The van der Waals surface area contributed by atoms with E-state index in [1.54, 1.807) is 18.1 Å². The predicted molar refractivity (Wildman–Crippen MR) is 106 cm³/mol. The Balaban J connectivity index is 1.41. The molecule has 0 saturated carbocycles. The molecular formula is C21H22N4O3. The van der Waals surface area contributed by atoms with Crippen LogP contribution in [0.2, 0.25) is 0 Å². The highest BCUT2D eigenvalue weighted by atomic mass is 16.7. The van der Waals surface area contributed by atoms with Gasteiger partial charge in [-0.15, -0.1) is 5.10 Å². The van der Waals surface area contributed by atoms with E-state index in [1.165, 1.54) is 0 Å². The van der Waals surface area contributed by atoms with Gasteiger partial charge in [-0.1, -0.05) is 23.4 Å². The second-order valence-corrected chi connectivity index (χ2v) is 6.89. The summed E-state index contributed by atoms with van der Waals surface area (Å²) in [5.41, 5.74) is 0.441. The molecule has 1 unspecified atom stereocenters. The van der Waals surface area contributed by atoms with Crippen molar-refractivity contribution in [3.63, 3.8) is 0 Å². The van der Waals surface area contributed by atoms with E-state index in [0.717, 1.165) is 35.7 Å². The number of hydrogen-bond donors (Lipinski definition) is 0. The lowest BCUT2D eigenvalue weighted by Gasteiger charge is -2.30. The Labute approximate surface area is 163 Å². The van der Waals surface area contributed by atoms with Gasteiger partial charge in [0.1, 0.15) is 24.4 Å². The highest BCUT2D eigenvalue weighted by molar-refractivity contribution is 5.83. The molecule has 0 radical (unpaired) electrons. The number of nitrogens with zero attached hydrogens (tertiary/aromatic N) is 4. The van der Waals surface area contributed by atoms with Crippen LogP contribution in [0, 0.1) is 0 Å². The van der Waals surface area contributed by atoms with Crippen LogP contribution >= 0.6 is 0 Å². The first-order valence-electron chi connectivity index (χ1n) is 9.15. The average molecular weight is 378 g/mol. The highest BCUT2D eigenvalue weighted by Crippen LogP contribution is 2.26. The van der Waals surface area contributed by atoms with Gasteiger partial charge in [0.2, 0.25) is 0 Å². The fourth-order valence-corrected chi connectivity index (χ4v) is 2.90. The fourth-order valence-electron chi connectivity index (χ4n) is 2.90. The third kappa shape index (κ3) is 3.98. The molecule has 4 rings (SSSR count). The van der Waals surface area contributed by atoms with Gasteiger partial charge in [0.25, 0.3) is 0 Å². The molecule has 0 saturated heterocycles. The van der Waals surface area contributed by atoms with Gasteiger partial charge in [-0.2, -0.15) is 0 Å². The fraction of sp³-hybridized carbons (Fsp3) is 0.286. The van der Waals surface area contributed by atoms with E-state index in [0.29, 0.717) is 12.4 Å². The van der Waals surface area contributed by atoms with Gasteiger partial charge in [-0.05, 0) is 43.3 Å². The predicted octanol–water partition coefficient (Wildman–Crippen LogP) is 3.76. The maximum atomic E-state index is 5.83. The normalized spacial score (nSPS) is 18.9. The first kappa shape index (κ1) is 18.0. The molecule has 7 heteroatoms. The molecule has 144 valence electrons. The zero-order chi connectivity index (χ0) is 19.4. The van der Waals surface area contributed by atoms with Gasteiger partial charge >= 0.3 is 0 Å². The second kappa shape index (κ2) is 7.72. The van der Waals surface area contributed by atoms with Crippen molar-refractivity contribution in [1.82, 2.24) is 14.8 Å². The zero-order valence-electron chi connectivity index (χ0n) is 15.9. The lowest BCUT2D eigenvalue weighted by molar-refractivity contribution is -0.0715. The Morgan fingerprint density at radius 1 is 1.07 bits per heavy atom. The van der Waals surface area contributed by atoms with Gasteiger partial charge in [-0.3, -0.25) is 0 Å². The number of rotatable bonds is 5. The van der Waals surface area contributed by atoms with E-state index in [4.69, 9.17) is 14.3 Å². The van der Waals surface area contributed by atoms with Crippen LogP contribution in [0.4, 0.5) is 0 Å². The molecule has 1 aliphatic rings. The largest absolute Gasteiger partial charge is 0.497 e. The smallest absolute Gasteiger partial charge is 0.181 e. The minimum atomic E-state index is -0.473. The number of methoxy groups -OCH3 is 1. The summed E-state index contributed by atoms with van der Waals surface area (Å²) in [4.78, 5) is 10.1. The summed E-state index contributed by atoms with van der Waals surface area (Å²) in [5.74, 6) is 2.98. The maximum Gasteiger partial charge on any atom is 0.181 e. The van der Waals surface area contributed by atoms with Gasteiger partial charge < -0.3 is 14.3 Å². The zero-order valence-corrected chi connectivity index (χ0v) is 15.9. The van der Waals surface area contributed by atoms with Crippen molar-refractivity contribution in [2.75, 3.05) is 13.7 Å². The molecule has 1 atom stereocenters. The molecule has 1 aromatic heterocycles. The van der Waals surface area contributed by atoms with E-state index in [9.17, 15) is 0 Å². The number of ether oxygens (including phenoxy) is 2. The van der Waals surface area contributed by atoms with E-state index < -0.39 is 5.60 Å². The second-order valence-electron chi connectivity index (χ2n) is 6.89. The lowest BCUT2D eigenvalue weighted by Crippen LogP contribution is -2.39. The number of benzene rings is 2. The summed E-state index contributed by atoms with van der Waals surface area (Å²) >= 11 is 0. The van der Waals surface area contributed by atoms with Crippen LogP contribution in [-0.4, -0.2) is 39.9 Å². The van der Waals surface area contributed by atoms with Gasteiger partial charge in [-0.25, -0.2) is 9.67 Å². The molecule has 2 heterocycles. The first-order chi connectivity index (χ1) is 13.6. The van der Waals surface area contributed by atoms with Crippen molar-refractivity contribution in [3.05, 3.63) is 60.9 Å². The van der Waals surface area contributed by atoms with Crippen LogP contribution < -0.4 is 9.47 Å². The van der Waals surface area contributed by atoms with E-state index >= 15 is 0 Å². The Kier molecular flexibility index (Phi) is 4.97. The summed E-state index contributed by atoms with van der Waals surface area (Å²) in [7, 11) is 1.64. The molecule has 2 aromatic carbocycles. The van der Waals surface area contributed by atoms with Crippen molar-refractivity contribution in [2.45, 2.75) is 25.4 Å². The number of aromatic nitrogens is 3. The summed E-state index contributed by atoms with van der Waals surface area (Å²) in [6.45, 7) is 2.43. The Hall–Kier alpha value is -3.35. The standard InChI is InChI=1S/C21H22N4O3/c1-21(14-27-18-6-4-3-5-7-18)13-12-19(24-28-21)25-15-22-20(23-25)16-8-10-17(26-2)11-9-16/h3-11,15H,12-14H2,1-2H3.